The average Bonchev–Trinajstić information content (AvgIpc) is 3.01. The van der Waals surface area contributed by atoms with E-state index in [2.05, 4.69) is 24.3 Å². The number of methoxy groups -OCH3 is 2. The molecule has 0 bridgehead atoms. The van der Waals surface area contributed by atoms with Crippen LogP contribution in [0, 0.1) is 17.7 Å². The van der Waals surface area contributed by atoms with Crippen LogP contribution in [0.5, 0.6) is 11.5 Å². The highest BCUT2D eigenvalue weighted by Gasteiger charge is 2.34. The molecule has 238 valence electrons. The Kier molecular flexibility index (Phi) is 11.8. The Morgan fingerprint density at radius 3 is 2.35 bits per heavy atom. The van der Waals surface area contributed by atoms with Gasteiger partial charge in [0.15, 0.2) is 11.5 Å². The summed E-state index contributed by atoms with van der Waals surface area (Å²) in [5.74, 6) is 1.27. The summed E-state index contributed by atoms with van der Waals surface area (Å²) in [6.45, 7) is 1.04. The third-order valence-corrected chi connectivity index (χ3v) is 10.7. The second kappa shape index (κ2) is 15.3. The molecule has 4 rings (SSSR count). The average molecular weight is 620 g/mol. The highest BCUT2D eigenvalue weighted by Crippen LogP contribution is 2.39. The molecule has 43 heavy (non-hydrogen) atoms. The molecule has 11 heteroatoms. The molecule has 9 nitrogen and oxygen atoms in total. The Hall–Kier alpha value is -2.73. The Balaban J connectivity index is 1.23. The maximum Gasteiger partial charge on any atom is 0.246 e. The highest BCUT2D eigenvalue weighted by atomic mass is 32.2. The molecule has 2 aliphatic rings. The number of amides is 1. The lowest BCUT2D eigenvalue weighted by molar-refractivity contribution is -0.126. The van der Waals surface area contributed by atoms with Crippen LogP contribution in [-0.4, -0.2) is 84.2 Å². The van der Waals surface area contributed by atoms with Gasteiger partial charge < -0.3 is 24.4 Å². The maximum absolute atomic E-state index is 13.5. The highest BCUT2D eigenvalue weighted by molar-refractivity contribution is 7.89. The summed E-state index contributed by atoms with van der Waals surface area (Å²) in [6.07, 6.45) is 6.46. The fraction of sp³-hybridized carbons (Fsp3) is 0.594. The molecule has 2 aromatic rings. The van der Waals surface area contributed by atoms with Crippen LogP contribution in [0.4, 0.5) is 4.39 Å². The number of sulfonamides is 1. The molecule has 1 saturated heterocycles. The molecule has 1 heterocycles. The number of piperidine rings is 1. The minimum atomic E-state index is -3.78. The van der Waals surface area contributed by atoms with E-state index in [-0.39, 0.29) is 41.9 Å². The number of benzene rings is 2. The number of hydrogen-bond acceptors (Lipinski definition) is 7. The van der Waals surface area contributed by atoms with E-state index in [1.165, 1.54) is 42.8 Å². The molecule has 0 radical (unpaired) electrons. The number of hydrogen-bond donors (Lipinski definition) is 1. The summed E-state index contributed by atoms with van der Waals surface area (Å²) >= 11 is 0. The molecule has 1 aliphatic heterocycles. The van der Waals surface area contributed by atoms with Gasteiger partial charge in [0, 0.05) is 31.2 Å². The van der Waals surface area contributed by atoms with Crippen molar-refractivity contribution in [2.75, 3.05) is 54.6 Å². The largest absolute Gasteiger partial charge is 0.493 e. The third-order valence-electron chi connectivity index (χ3n) is 8.77. The van der Waals surface area contributed by atoms with Crippen LogP contribution >= 0.6 is 0 Å². The Labute approximate surface area is 255 Å². The van der Waals surface area contributed by atoms with Gasteiger partial charge in [-0.3, -0.25) is 4.79 Å². The zero-order valence-electron chi connectivity index (χ0n) is 25.8. The van der Waals surface area contributed by atoms with Crippen LogP contribution in [0.25, 0.3) is 0 Å². The van der Waals surface area contributed by atoms with Crippen molar-refractivity contribution < 1.29 is 31.8 Å². The summed E-state index contributed by atoms with van der Waals surface area (Å²) in [5, 5.41) is 3.01. The minimum absolute atomic E-state index is 0.108. The molecular formula is C32H46FN3O6S. The van der Waals surface area contributed by atoms with Crippen molar-refractivity contribution in [3.05, 3.63) is 53.8 Å². The van der Waals surface area contributed by atoms with Crippen LogP contribution in [0.2, 0.25) is 0 Å². The van der Waals surface area contributed by atoms with Crippen LogP contribution in [0.3, 0.4) is 0 Å². The lowest BCUT2D eigenvalue weighted by atomic mass is 9.76. The molecule has 2 fully saturated rings. The van der Waals surface area contributed by atoms with Gasteiger partial charge in [0.1, 0.15) is 12.4 Å². The summed E-state index contributed by atoms with van der Waals surface area (Å²) in [4.78, 5) is 15.0. The summed E-state index contributed by atoms with van der Waals surface area (Å²) < 4.78 is 58.3. The second-order valence-electron chi connectivity index (χ2n) is 11.8. The SMILES string of the molecule is COc1ccc(S(=O)(=O)N2CCCCC2COCC(=O)NCC2CCC(C(c3ccc(F)cc3)N(C)C)CC2)cc1OC. The van der Waals surface area contributed by atoms with E-state index in [1.807, 2.05) is 12.1 Å². The Morgan fingerprint density at radius 1 is 1.00 bits per heavy atom. The van der Waals surface area contributed by atoms with Crippen molar-refractivity contribution in [2.45, 2.75) is 61.9 Å². The monoisotopic (exact) mass is 619 g/mol. The number of ether oxygens (including phenoxy) is 3. The molecule has 2 aromatic carbocycles. The van der Waals surface area contributed by atoms with Gasteiger partial charge >= 0.3 is 0 Å². The summed E-state index contributed by atoms with van der Waals surface area (Å²) in [7, 11) is 3.33. The summed E-state index contributed by atoms with van der Waals surface area (Å²) in [5.41, 5.74) is 1.13. The van der Waals surface area contributed by atoms with E-state index in [1.54, 1.807) is 6.07 Å². The van der Waals surface area contributed by atoms with E-state index in [4.69, 9.17) is 14.2 Å². The fourth-order valence-corrected chi connectivity index (χ4v) is 8.22. The van der Waals surface area contributed by atoms with Crippen LogP contribution in [0.15, 0.2) is 47.4 Å². The van der Waals surface area contributed by atoms with Crippen molar-refractivity contribution >= 4 is 15.9 Å². The predicted octanol–water partition coefficient (Wildman–Crippen LogP) is 4.63. The zero-order chi connectivity index (χ0) is 31.0. The first-order valence-corrected chi connectivity index (χ1v) is 16.6. The van der Waals surface area contributed by atoms with E-state index in [9.17, 15) is 17.6 Å². The number of halogens is 1. The van der Waals surface area contributed by atoms with E-state index >= 15 is 0 Å². The van der Waals surface area contributed by atoms with Crippen molar-refractivity contribution in [3.63, 3.8) is 0 Å². The number of carbonyl (C=O) groups excluding carboxylic acids is 1. The molecule has 0 spiro atoms. The molecular weight excluding hydrogens is 573 g/mol. The number of nitrogens with one attached hydrogen (secondary N) is 1. The normalized spacial score (nSPS) is 22.2. The molecule has 2 unspecified atom stereocenters. The molecule has 1 saturated carbocycles. The smallest absolute Gasteiger partial charge is 0.246 e. The standard InChI is InChI=1S/C32H46FN3O6S/c1-35(2)32(25-12-14-26(33)15-13-25)24-10-8-23(9-11-24)20-34-31(37)22-42-21-27-7-5-6-18-36(27)43(38,39)28-16-17-29(40-3)30(19-28)41-4/h12-17,19,23-24,27,32H,5-11,18,20-22H2,1-4H3,(H,34,37). The van der Waals surface area contributed by atoms with Gasteiger partial charge in [-0.2, -0.15) is 4.31 Å². The zero-order valence-corrected chi connectivity index (χ0v) is 26.6. The number of rotatable bonds is 13. The van der Waals surface area contributed by atoms with Crippen LogP contribution in [0.1, 0.15) is 56.6 Å². The number of nitrogens with zero attached hydrogens (tertiary/aromatic N) is 2. The topological polar surface area (TPSA) is 97.4 Å². The van der Waals surface area contributed by atoms with Gasteiger partial charge in [-0.1, -0.05) is 18.6 Å². The van der Waals surface area contributed by atoms with Gasteiger partial charge in [0.05, 0.1) is 25.7 Å². The Bertz CT molecular complexity index is 1300. The molecule has 1 aliphatic carbocycles. The second-order valence-corrected chi connectivity index (χ2v) is 13.7. The summed E-state index contributed by atoms with van der Waals surface area (Å²) in [6, 6.07) is 11.3. The molecule has 1 N–H and O–H groups in total. The van der Waals surface area contributed by atoms with Gasteiger partial charge in [-0.05, 0) is 94.3 Å². The van der Waals surface area contributed by atoms with Crippen molar-refractivity contribution in [1.82, 2.24) is 14.5 Å². The predicted molar refractivity (Wildman–Crippen MR) is 163 cm³/mol. The minimum Gasteiger partial charge on any atom is -0.493 e. The fourth-order valence-electron chi connectivity index (χ4n) is 6.53. The maximum atomic E-state index is 13.5. The van der Waals surface area contributed by atoms with Gasteiger partial charge in [-0.25, -0.2) is 12.8 Å². The van der Waals surface area contributed by atoms with E-state index < -0.39 is 10.0 Å². The van der Waals surface area contributed by atoms with Gasteiger partial charge in [0.2, 0.25) is 15.9 Å². The number of carbonyl (C=O) groups is 1. The van der Waals surface area contributed by atoms with Gasteiger partial charge in [-0.15, -0.1) is 0 Å². The van der Waals surface area contributed by atoms with Crippen LogP contribution < -0.4 is 14.8 Å². The van der Waals surface area contributed by atoms with Crippen LogP contribution in [-0.2, 0) is 19.6 Å². The quantitative estimate of drug-likeness (QED) is 0.349. The Morgan fingerprint density at radius 2 is 1.70 bits per heavy atom. The van der Waals surface area contributed by atoms with Crippen molar-refractivity contribution in [2.24, 2.45) is 11.8 Å². The third kappa shape index (κ3) is 8.47. The first-order valence-electron chi connectivity index (χ1n) is 15.1. The first-order chi connectivity index (χ1) is 20.6. The first kappa shape index (κ1) is 33.2. The molecule has 1 amide bonds. The van der Waals surface area contributed by atoms with E-state index in [0.717, 1.165) is 44.1 Å². The molecule has 0 aromatic heterocycles. The van der Waals surface area contributed by atoms with E-state index in [0.29, 0.717) is 42.8 Å². The lowest BCUT2D eigenvalue weighted by Gasteiger charge is -2.37. The van der Waals surface area contributed by atoms with Gasteiger partial charge in [0.25, 0.3) is 0 Å². The lowest BCUT2D eigenvalue weighted by Crippen LogP contribution is -2.46. The molecule has 2 atom stereocenters. The van der Waals surface area contributed by atoms with Crippen molar-refractivity contribution in [3.8, 4) is 11.5 Å². The van der Waals surface area contributed by atoms with Crippen molar-refractivity contribution in [1.29, 1.82) is 0 Å².